The molecule has 0 radical (unpaired) electrons. The molecule has 0 fully saturated rings. The van der Waals surface area contributed by atoms with E-state index in [4.69, 9.17) is 14.2 Å². The molecule has 1 unspecified atom stereocenters. The molecular formula is C21H20O6. The molecule has 140 valence electrons. The summed E-state index contributed by atoms with van der Waals surface area (Å²) < 4.78 is 16.8. The van der Waals surface area contributed by atoms with Crippen LogP contribution in [0.15, 0.2) is 30.3 Å². The molecule has 2 aromatic rings. The Morgan fingerprint density at radius 3 is 2.70 bits per heavy atom. The fourth-order valence-corrected chi connectivity index (χ4v) is 3.49. The number of benzene rings is 2. The van der Waals surface area contributed by atoms with Gasteiger partial charge in [-0.05, 0) is 32.1 Å². The lowest BCUT2D eigenvalue weighted by molar-refractivity contribution is 0.0889. The van der Waals surface area contributed by atoms with Crippen LogP contribution in [-0.2, 0) is 0 Å². The van der Waals surface area contributed by atoms with Gasteiger partial charge in [-0.2, -0.15) is 0 Å². The van der Waals surface area contributed by atoms with Gasteiger partial charge in [0, 0.05) is 17.7 Å². The van der Waals surface area contributed by atoms with Crippen molar-refractivity contribution in [1.29, 1.82) is 0 Å². The highest BCUT2D eigenvalue weighted by molar-refractivity contribution is 6.07. The first-order valence-electron chi connectivity index (χ1n) is 8.63. The molecule has 0 spiro atoms. The van der Waals surface area contributed by atoms with Crippen LogP contribution in [0, 0.1) is 0 Å². The van der Waals surface area contributed by atoms with Crippen LogP contribution in [0.5, 0.6) is 28.7 Å². The minimum absolute atomic E-state index is 0.00222. The highest BCUT2D eigenvalue weighted by atomic mass is 16.5. The van der Waals surface area contributed by atoms with Crippen LogP contribution in [0.25, 0.3) is 6.08 Å². The quantitative estimate of drug-likeness (QED) is 0.842. The molecule has 0 aromatic heterocycles. The summed E-state index contributed by atoms with van der Waals surface area (Å²) in [5, 5.41) is 20.5. The first-order valence-corrected chi connectivity index (χ1v) is 8.63. The number of methoxy groups -OCH3 is 1. The van der Waals surface area contributed by atoms with Crippen LogP contribution < -0.4 is 14.2 Å². The number of hydrogen-bond acceptors (Lipinski definition) is 6. The molecule has 27 heavy (non-hydrogen) atoms. The van der Waals surface area contributed by atoms with Gasteiger partial charge in [0.15, 0.2) is 5.78 Å². The third kappa shape index (κ3) is 2.77. The Labute approximate surface area is 156 Å². The summed E-state index contributed by atoms with van der Waals surface area (Å²) in [5.41, 5.74) is 0.811. The van der Waals surface area contributed by atoms with E-state index in [9.17, 15) is 15.0 Å². The van der Waals surface area contributed by atoms with Gasteiger partial charge in [0.25, 0.3) is 0 Å². The number of ether oxygens (including phenoxy) is 3. The highest BCUT2D eigenvalue weighted by Crippen LogP contribution is 2.45. The van der Waals surface area contributed by atoms with Crippen molar-refractivity contribution < 1.29 is 29.2 Å². The molecule has 2 aromatic carbocycles. The number of ketones is 1. The van der Waals surface area contributed by atoms with Gasteiger partial charge in [0.1, 0.15) is 46.5 Å². The smallest absolute Gasteiger partial charge is 0.181 e. The molecule has 2 aliphatic heterocycles. The third-order valence-electron chi connectivity index (χ3n) is 4.85. The van der Waals surface area contributed by atoms with Crippen LogP contribution in [0.1, 0.15) is 41.3 Å². The molecule has 4 rings (SSSR count). The van der Waals surface area contributed by atoms with Crippen LogP contribution >= 0.6 is 0 Å². The summed E-state index contributed by atoms with van der Waals surface area (Å²) in [7, 11) is 1.42. The highest BCUT2D eigenvalue weighted by Gasteiger charge is 2.36. The number of phenols is 2. The largest absolute Gasteiger partial charge is 0.508 e. The maximum atomic E-state index is 13.1. The monoisotopic (exact) mass is 368 g/mol. The number of rotatable bonds is 2. The minimum atomic E-state index is -0.690. The van der Waals surface area contributed by atoms with Gasteiger partial charge in [-0.15, -0.1) is 0 Å². The Kier molecular flexibility index (Phi) is 3.80. The second kappa shape index (κ2) is 5.94. The predicted octanol–water partition coefficient (Wildman–Crippen LogP) is 3.65. The van der Waals surface area contributed by atoms with Gasteiger partial charge in [-0.25, -0.2) is 0 Å². The zero-order valence-corrected chi connectivity index (χ0v) is 15.3. The lowest BCUT2D eigenvalue weighted by Gasteiger charge is -2.30. The third-order valence-corrected chi connectivity index (χ3v) is 4.85. The van der Waals surface area contributed by atoms with Crippen molar-refractivity contribution in [3.8, 4) is 28.7 Å². The second-order valence-corrected chi connectivity index (χ2v) is 7.20. The predicted molar refractivity (Wildman–Crippen MR) is 99.1 cm³/mol. The molecule has 0 bridgehead atoms. The van der Waals surface area contributed by atoms with Crippen molar-refractivity contribution in [2.75, 3.05) is 13.7 Å². The number of hydrogen-bond donors (Lipinski definition) is 2. The van der Waals surface area contributed by atoms with Crippen molar-refractivity contribution in [3.05, 3.63) is 47.0 Å². The van der Waals surface area contributed by atoms with Gasteiger partial charge in [0.2, 0.25) is 0 Å². The molecule has 2 aliphatic rings. The number of carbonyl (C=O) groups excluding carboxylic acids is 1. The van der Waals surface area contributed by atoms with Crippen molar-refractivity contribution in [1.82, 2.24) is 0 Å². The Morgan fingerprint density at radius 2 is 1.96 bits per heavy atom. The standard InChI is InChI=1S/C21H20O6/c1-21(2)7-6-13-15(27-21)5-4-12(19(13)23)14-10-26-17-9-11(22)8-16(25-3)18(17)20(14)24/h4-9,14,22-23H,10H2,1-3H3. The Hall–Kier alpha value is -3.15. The van der Waals surface area contributed by atoms with E-state index >= 15 is 0 Å². The molecule has 0 saturated heterocycles. The summed E-state index contributed by atoms with van der Waals surface area (Å²) in [6, 6.07) is 6.20. The lowest BCUT2D eigenvalue weighted by Crippen LogP contribution is -2.28. The molecule has 2 heterocycles. The molecule has 2 N–H and O–H groups in total. The molecule has 1 atom stereocenters. The van der Waals surface area contributed by atoms with Gasteiger partial charge < -0.3 is 24.4 Å². The average Bonchev–Trinajstić information content (AvgIpc) is 2.61. The van der Waals surface area contributed by atoms with E-state index in [1.165, 1.54) is 19.2 Å². The first-order chi connectivity index (χ1) is 12.8. The normalized spacial score (nSPS) is 19.5. The number of carbonyl (C=O) groups is 1. The number of fused-ring (bicyclic) bond motifs is 2. The van der Waals surface area contributed by atoms with E-state index in [1.54, 1.807) is 18.2 Å². The fourth-order valence-electron chi connectivity index (χ4n) is 3.49. The SMILES string of the molecule is COc1cc(O)cc2c1C(=O)C(c1ccc3c(c1O)C=CC(C)(C)O3)CO2. The molecule has 6 heteroatoms. The topological polar surface area (TPSA) is 85.2 Å². The summed E-state index contributed by atoms with van der Waals surface area (Å²) in [6.07, 6.45) is 3.66. The van der Waals surface area contributed by atoms with Gasteiger partial charge in [-0.3, -0.25) is 4.79 Å². The Balaban J connectivity index is 1.77. The summed E-state index contributed by atoms with van der Waals surface area (Å²) in [6.45, 7) is 3.91. The summed E-state index contributed by atoms with van der Waals surface area (Å²) >= 11 is 0. The van der Waals surface area contributed by atoms with Crippen molar-refractivity contribution in [2.24, 2.45) is 0 Å². The summed E-state index contributed by atoms with van der Waals surface area (Å²) in [4.78, 5) is 13.1. The fraction of sp³-hybridized carbons (Fsp3) is 0.286. The van der Waals surface area contributed by atoms with E-state index in [0.29, 0.717) is 16.9 Å². The van der Waals surface area contributed by atoms with Gasteiger partial charge in [-0.1, -0.05) is 6.07 Å². The van der Waals surface area contributed by atoms with Gasteiger partial charge >= 0.3 is 0 Å². The Morgan fingerprint density at radius 1 is 1.19 bits per heavy atom. The first kappa shape index (κ1) is 17.3. The maximum Gasteiger partial charge on any atom is 0.181 e. The van der Waals surface area contributed by atoms with Crippen LogP contribution in [0.4, 0.5) is 0 Å². The van der Waals surface area contributed by atoms with Crippen molar-refractivity contribution in [3.63, 3.8) is 0 Å². The lowest BCUT2D eigenvalue weighted by atomic mass is 9.86. The van der Waals surface area contributed by atoms with Crippen molar-refractivity contribution in [2.45, 2.75) is 25.4 Å². The number of Topliss-reactive ketones (excluding diaryl/α,β-unsaturated/α-hetero) is 1. The second-order valence-electron chi connectivity index (χ2n) is 7.20. The number of phenolic OH excluding ortho intramolecular Hbond substituents is 2. The van der Waals surface area contributed by atoms with Crippen LogP contribution in [-0.4, -0.2) is 35.3 Å². The average molecular weight is 368 g/mol. The van der Waals surface area contributed by atoms with E-state index in [1.807, 2.05) is 19.9 Å². The minimum Gasteiger partial charge on any atom is -0.508 e. The van der Waals surface area contributed by atoms with Crippen molar-refractivity contribution >= 4 is 11.9 Å². The van der Waals surface area contributed by atoms with Gasteiger partial charge in [0.05, 0.1) is 18.6 Å². The zero-order chi connectivity index (χ0) is 19.3. The zero-order valence-electron chi connectivity index (χ0n) is 15.3. The molecule has 0 aliphatic carbocycles. The summed E-state index contributed by atoms with van der Waals surface area (Å²) in [5.74, 6) is 0.114. The Bertz CT molecular complexity index is 956. The van der Waals surface area contributed by atoms with Crippen LogP contribution in [0.2, 0.25) is 0 Å². The molecular weight excluding hydrogens is 348 g/mol. The van der Waals surface area contributed by atoms with E-state index in [2.05, 4.69) is 0 Å². The van der Waals surface area contributed by atoms with E-state index in [0.717, 1.165) is 0 Å². The molecule has 0 amide bonds. The van der Waals surface area contributed by atoms with Crippen LogP contribution in [0.3, 0.4) is 0 Å². The number of aromatic hydroxyl groups is 2. The molecule has 6 nitrogen and oxygen atoms in total. The van der Waals surface area contributed by atoms with E-state index in [-0.39, 0.29) is 41.0 Å². The maximum absolute atomic E-state index is 13.1. The van der Waals surface area contributed by atoms with E-state index < -0.39 is 11.5 Å². The molecule has 0 saturated carbocycles.